The molecule has 4 heteroatoms. The molecule has 0 aliphatic carbocycles. The lowest BCUT2D eigenvalue weighted by Gasteiger charge is -2.14. The number of nitrogens with one attached hydrogen (secondary N) is 1. The predicted molar refractivity (Wildman–Crippen MR) is 106 cm³/mol. The Hall–Kier alpha value is -2.16. The third-order valence-corrected chi connectivity index (χ3v) is 4.57. The number of anilines is 1. The second-order valence-electron chi connectivity index (χ2n) is 5.80. The quantitative estimate of drug-likeness (QED) is 0.534. The highest BCUT2D eigenvalue weighted by Crippen LogP contribution is 2.27. The van der Waals surface area contributed by atoms with Crippen LogP contribution in [0.25, 0.3) is 0 Å². The fourth-order valence-electron chi connectivity index (χ4n) is 2.54. The Morgan fingerprint density at radius 1 is 0.880 bits per heavy atom. The van der Waals surface area contributed by atoms with Gasteiger partial charge in [0.1, 0.15) is 12.4 Å². The van der Waals surface area contributed by atoms with Crippen LogP contribution in [0.4, 0.5) is 5.69 Å². The van der Waals surface area contributed by atoms with Gasteiger partial charge in [-0.05, 0) is 42.3 Å². The van der Waals surface area contributed by atoms with Gasteiger partial charge in [0, 0.05) is 17.1 Å². The predicted octanol–water partition coefficient (Wildman–Crippen LogP) is 6.49. The Balaban J connectivity index is 1.69. The number of para-hydroxylation sites is 1. The number of rotatable bonds is 6. The lowest BCUT2D eigenvalue weighted by molar-refractivity contribution is 0.302. The van der Waals surface area contributed by atoms with Crippen LogP contribution >= 0.6 is 23.2 Å². The van der Waals surface area contributed by atoms with Crippen LogP contribution in [0.3, 0.4) is 0 Å². The van der Waals surface area contributed by atoms with Gasteiger partial charge in [-0.1, -0.05) is 65.7 Å². The normalized spacial score (nSPS) is 10.5. The Bertz CT molecular complexity index is 864. The second-order valence-corrected chi connectivity index (χ2v) is 6.64. The summed E-state index contributed by atoms with van der Waals surface area (Å²) in [5, 5.41) is 4.56. The Labute approximate surface area is 158 Å². The van der Waals surface area contributed by atoms with Crippen molar-refractivity contribution in [2.45, 2.75) is 20.1 Å². The maximum atomic E-state index is 6.22. The van der Waals surface area contributed by atoms with Crippen LogP contribution in [0, 0.1) is 6.92 Å². The first-order valence-corrected chi connectivity index (χ1v) is 8.83. The molecular formula is C21H19Cl2NO. The van der Waals surface area contributed by atoms with Crippen LogP contribution in [0.2, 0.25) is 10.0 Å². The smallest absolute Gasteiger partial charge is 0.124 e. The van der Waals surface area contributed by atoms with Gasteiger partial charge in [-0.3, -0.25) is 0 Å². The van der Waals surface area contributed by atoms with Crippen LogP contribution in [-0.4, -0.2) is 0 Å². The zero-order valence-electron chi connectivity index (χ0n) is 13.9. The number of hydrogen-bond donors (Lipinski definition) is 1. The molecule has 3 rings (SSSR count). The van der Waals surface area contributed by atoms with E-state index in [4.69, 9.17) is 27.9 Å². The SMILES string of the molecule is Cc1ccccc1COc1ccccc1CNc1ccc(Cl)cc1Cl. The van der Waals surface area contributed by atoms with Gasteiger partial charge >= 0.3 is 0 Å². The summed E-state index contributed by atoms with van der Waals surface area (Å²) in [5.74, 6) is 0.864. The topological polar surface area (TPSA) is 21.3 Å². The van der Waals surface area contributed by atoms with Gasteiger partial charge in [0.25, 0.3) is 0 Å². The van der Waals surface area contributed by atoms with Gasteiger partial charge in [0.15, 0.2) is 0 Å². The Morgan fingerprint density at radius 3 is 2.36 bits per heavy atom. The molecule has 0 aliphatic rings. The van der Waals surface area contributed by atoms with Gasteiger partial charge in [0.2, 0.25) is 0 Å². The van der Waals surface area contributed by atoms with Crippen LogP contribution < -0.4 is 10.1 Å². The summed E-state index contributed by atoms with van der Waals surface area (Å²) in [6, 6.07) is 21.7. The van der Waals surface area contributed by atoms with Gasteiger partial charge < -0.3 is 10.1 Å². The number of ether oxygens (including phenoxy) is 1. The van der Waals surface area contributed by atoms with Crippen LogP contribution in [0.1, 0.15) is 16.7 Å². The summed E-state index contributed by atoms with van der Waals surface area (Å²) in [4.78, 5) is 0. The van der Waals surface area contributed by atoms with E-state index >= 15 is 0 Å². The molecule has 0 atom stereocenters. The zero-order chi connectivity index (χ0) is 17.6. The first kappa shape index (κ1) is 17.7. The molecule has 1 N–H and O–H groups in total. The standard InChI is InChI=1S/C21H19Cl2NO/c1-15-6-2-3-8-17(15)14-25-21-9-5-4-7-16(21)13-24-20-11-10-18(22)12-19(20)23/h2-12,24H,13-14H2,1H3. The molecule has 0 bridgehead atoms. The number of halogens is 2. The van der Waals surface area contributed by atoms with E-state index in [2.05, 4.69) is 24.4 Å². The van der Waals surface area contributed by atoms with E-state index in [0.717, 1.165) is 17.0 Å². The Kier molecular flexibility index (Phi) is 5.85. The molecule has 0 amide bonds. The minimum absolute atomic E-state index is 0.547. The van der Waals surface area contributed by atoms with Crippen molar-refractivity contribution in [2.24, 2.45) is 0 Å². The van der Waals surface area contributed by atoms with Crippen molar-refractivity contribution in [2.75, 3.05) is 5.32 Å². The van der Waals surface area contributed by atoms with Gasteiger partial charge in [0.05, 0.1) is 10.7 Å². The minimum Gasteiger partial charge on any atom is -0.489 e. The molecule has 3 aromatic rings. The molecule has 0 radical (unpaired) electrons. The first-order valence-electron chi connectivity index (χ1n) is 8.07. The molecule has 3 aromatic carbocycles. The molecule has 0 fully saturated rings. The molecule has 25 heavy (non-hydrogen) atoms. The molecule has 0 aromatic heterocycles. The molecular weight excluding hydrogens is 353 g/mol. The fraction of sp³-hybridized carbons (Fsp3) is 0.143. The van der Waals surface area contributed by atoms with Crippen molar-refractivity contribution in [3.63, 3.8) is 0 Å². The monoisotopic (exact) mass is 371 g/mol. The van der Waals surface area contributed by atoms with Crippen molar-refractivity contribution in [3.05, 3.63) is 93.5 Å². The third-order valence-electron chi connectivity index (χ3n) is 4.02. The highest BCUT2D eigenvalue weighted by molar-refractivity contribution is 6.36. The summed E-state index contributed by atoms with van der Waals surface area (Å²) in [6.45, 7) is 3.26. The molecule has 0 saturated carbocycles. The minimum atomic E-state index is 0.547. The van der Waals surface area contributed by atoms with Crippen molar-refractivity contribution in [1.29, 1.82) is 0 Å². The van der Waals surface area contributed by atoms with E-state index in [1.54, 1.807) is 6.07 Å². The summed E-state index contributed by atoms with van der Waals surface area (Å²) in [6.07, 6.45) is 0. The summed E-state index contributed by atoms with van der Waals surface area (Å²) in [5.41, 5.74) is 4.33. The number of benzene rings is 3. The van der Waals surface area contributed by atoms with Crippen LogP contribution in [0.5, 0.6) is 5.75 Å². The lowest BCUT2D eigenvalue weighted by atomic mass is 10.1. The van der Waals surface area contributed by atoms with E-state index < -0.39 is 0 Å². The summed E-state index contributed by atoms with van der Waals surface area (Å²) < 4.78 is 6.05. The molecule has 0 aliphatic heterocycles. The van der Waals surface area contributed by atoms with Crippen LogP contribution in [-0.2, 0) is 13.2 Å². The van der Waals surface area contributed by atoms with Crippen LogP contribution in [0.15, 0.2) is 66.7 Å². The molecule has 128 valence electrons. The molecule has 0 saturated heterocycles. The second kappa shape index (κ2) is 8.28. The van der Waals surface area contributed by atoms with Crippen molar-refractivity contribution in [1.82, 2.24) is 0 Å². The van der Waals surface area contributed by atoms with Crippen molar-refractivity contribution < 1.29 is 4.74 Å². The maximum Gasteiger partial charge on any atom is 0.124 e. The van der Waals surface area contributed by atoms with Gasteiger partial charge in [-0.25, -0.2) is 0 Å². The highest BCUT2D eigenvalue weighted by atomic mass is 35.5. The molecule has 0 unspecified atom stereocenters. The fourth-order valence-corrected chi connectivity index (χ4v) is 3.02. The number of hydrogen-bond acceptors (Lipinski definition) is 2. The average molecular weight is 372 g/mol. The van der Waals surface area contributed by atoms with Crippen molar-refractivity contribution >= 4 is 28.9 Å². The molecule has 0 spiro atoms. The van der Waals surface area contributed by atoms with Gasteiger partial charge in [-0.2, -0.15) is 0 Å². The summed E-state index contributed by atoms with van der Waals surface area (Å²) >= 11 is 12.2. The van der Waals surface area contributed by atoms with E-state index in [-0.39, 0.29) is 0 Å². The maximum absolute atomic E-state index is 6.22. The molecule has 2 nitrogen and oxygen atoms in total. The lowest BCUT2D eigenvalue weighted by Crippen LogP contribution is -2.04. The average Bonchev–Trinajstić information content (AvgIpc) is 2.61. The van der Waals surface area contributed by atoms with E-state index in [9.17, 15) is 0 Å². The highest BCUT2D eigenvalue weighted by Gasteiger charge is 2.06. The largest absolute Gasteiger partial charge is 0.489 e. The third kappa shape index (κ3) is 4.68. The zero-order valence-corrected chi connectivity index (χ0v) is 15.4. The Morgan fingerprint density at radius 2 is 1.60 bits per heavy atom. The number of aryl methyl sites for hydroxylation is 1. The van der Waals surface area contributed by atoms with E-state index in [0.29, 0.717) is 23.2 Å². The van der Waals surface area contributed by atoms with E-state index in [1.165, 1.54) is 11.1 Å². The summed E-state index contributed by atoms with van der Waals surface area (Å²) in [7, 11) is 0. The van der Waals surface area contributed by atoms with Crippen molar-refractivity contribution in [3.8, 4) is 5.75 Å². The first-order chi connectivity index (χ1) is 12.1. The van der Waals surface area contributed by atoms with Gasteiger partial charge in [-0.15, -0.1) is 0 Å². The molecule has 0 heterocycles. The van der Waals surface area contributed by atoms with E-state index in [1.807, 2.05) is 48.5 Å².